The quantitative estimate of drug-likeness (QED) is 0.821. The fourth-order valence-electron chi connectivity index (χ4n) is 4.89. The molecule has 0 amide bonds. The Bertz CT molecular complexity index is 754. The summed E-state index contributed by atoms with van der Waals surface area (Å²) in [7, 11) is 0. The van der Waals surface area contributed by atoms with Crippen molar-refractivity contribution in [2.24, 2.45) is 0 Å². The zero-order valence-corrected chi connectivity index (χ0v) is 14.8. The fourth-order valence-corrected chi connectivity index (χ4v) is 4.89. The summed E-state index contributed by atoms with van der Waals surface area (Å²) in [6.07, 6.45) is 5.83. The molecule has 0 unspecified atom stereocenters. The molecule has 1 aliphatic carbocycles. The van der Waals surface area contributed by atoms with Gasteiger partial charge in [0.15, 0.2) is 0 Å². The summed E-state index contributed by atoms with van der Waals surface area (Å²) in [5.41, 5.74) is 4.09. The lowest BCUT2D eigenvalue weighted by atomic mass is 9.60. The van der Waals surface area contributed by atoms with E-state index in [4.69, 9.17) is 0 Å². The molecule has 130 valence electrons. The largest absolute Gasteiger partial charge is 0.508 e. The van der Waals surface area contributed by atoms with E-state index in [1.165, 1.54) is 29.5 Å². The highest BCUT2D eigenvalue weighted by atomic mass is 16.3. The number of piperidine rings is 1. The first-order valence-electron chi connectivity index (χ1n) is 9.46. The summed E-state index contributed by atoms with van der Waals surface area (Å²) in [6, 6.07) is 19.1. The van der Waals surface area contributed by atoms with Gasteiger partial charge in [0.25, 0.3) is 0 Å². The Morgan fingerprint density at radius 3 is 2.72 bits per heavy atom. The van der Waals surface area contributed by atoms with Gasteiger partial charge in [0.05, 0.1) is 0 Å². The second-order valence-corrected chi connectivity index (χ2v) is 7.59. The number of nitrogens with zero attached hydrogens (tertiary/aromatic N) is 1. The van der Waals surface area contributed by atoms with Gasteiger partial charge >= 0.3 is 0 Å². The highest BCUT2D eigenvalue weighted by Gasteiger charge is 2.46. The molecule has 1 aliphatic heterocycles. The van der Waals surface area contributed by atoms with Gasteiger partial charge in [-0.05, 0) is 61.1 Å². The number of aromatic hydroxyl groups is 1. The third-order valence-electron chi connectivity index (χ3n) is 6.29. The molecule has 0 spiro atoms. The normalized spacial score (nSPS) is 26.6. The average Bonchev–Trinajstić information content (AvgIpc) is 2.62. The summed E-state index contributed by atoms with van der Waals surface area (Å²) in [6.45, 7) is 6.78. The first kappa shape index (κ1) is 16.4. The monoisotopic (exact) mass is 333 g/mol. The number of phenols is 1. The molecule has 2 fully saturated rings. The standard InChI is InChI=1S/C23H27NO/c1-18-22-11-6-13-23(18,20-9-5-10-21(25)17-20)14-16-24(22)15-12-19-7-3-2-4-8-19/h2-5,7-10,17,22,25H,1,6,11-16H2/t22-,23+/m0/s1. The summed E-state index contributed by atoms with van der Waals surface area (Å²) >= 11 is 0. The van der Waals surface area contributed by atoms with E-state index in [0.29, 0.717) is 11.8 Å². The summed E-state index contributed by atoms with van der Waals surface area (Å²) in [4.78, 5) is 2.63. The Labute approximate surface area is 150 Å². The summed E-state index contributed by atoms with van der Waals surface area (Å²) in [5.74, 6) is 0.369. The zero-order chi connectivity index (χ0) is 17.3. The number of benzene rings is 2. The van der Waals surface area contributed by atoms with Crippen LogP contribution in [0.5, 0.6) is 5.75 Å². The molecule has 2 aromatic carbocycles. The number of hydrogen-bond donors (Lipinski definition) is 1. The molecule has 2 aliphatic rings. The van der Waals surface area contributed by atoms with E-state index in [2.05, 4.69) is 47.9 Å². The maximum absolute atomic E-state index is 9.95. The molecule has 2 nitrogen and oxygen atoms in total. The van der Waals surface area contributed by atoms with Gasteiger partial charge in [-0.15, -0.1) is 0 Å². The number of likely N-dealkylation sites (tertiary alicyclic amines) is 1. The van der Waals surface area contributed by atoms with Gasteiger partial charge in [0.2, 0.25) is 0 Å². The molecule has 25 heavy (non-hydrogen) atoms. The van der Waals surface area contributed by atoms with Gasteiger partial charge in [-0.3, -0.25) is 4.90 Å². The maximum Gasteiger partial charge on any atom is 0.115 e. The number of rotatable bonds is 4. The molecule has 0 radical (unpaired) electrons. The Hall–Kier alpha value is -2.06. The van der Waals surface area contributed by atoms with Gasteiger partial charge in [0.1, 0.15) is 5.75 Å². The summed E-state index contributed by atoms with van der Waals surface area (Å²) in [5, 5.41) is 9.95. The van der Waals surface area contributed by atoms with Gasteiger partial charge in [0, 0.05) is 18.0 Å². The van der Waals surface area contributed by atoms with Crippen LogP contribution in [-0.2, 0) is 11.8 Å². The van der Waals surface area contributed by atoms with Crippen LogP contribution in [0.2, 0.25) is 0 Å². The predicted octanol–water partition coefficient (Wildman–Crippen LogP) is 4.69. The summed E-state index contributed by atoms with van der Waals surface area (Å²) < 4.78 is 0. The van der Waals surface area contributed by atoms with E-state index in [9.17, 15) is 5.11 Å². The Balaban J connectivity index is 1.53. The van der Waals surface area contributed by atoms with Crippen molar-refractivity contribution in [1.82, 2.24) is 4.90 Å². The highest BCUT2D eigenvalue weighted by molar-refractivity contribution is 5.43. The molecule has 0 aromatic heterocycles. The Kier molecular flexibility index (Phi) is 4.39. The van der Waals surface area contributed by atoms with Gasteiger partial charge in [-0.25, -0.2) is 0 Å². The molecule has 1 saturated carbocycles. The minimum absolute atomic E-state index is 0.0604. The van der Waals surface area contributed by atoms with E-state index in [1.807, 2.05) is 12.1 Å². The lowest BCUT2D eigenvalue weighted by Gasteiger charge is -2.53. The van der Waals surface area contributed by atoms with Crippen LogP contribution in [0.4, 0.5) is 0 Å². The van der Waals surface area contributed by atoms with E-state index in [-0.39, 0.29) is 5.41 Å². The van der Waals surface area contributed by atoms with Crippen LogP contribution in [0.25, 0.3) is 0 Å². The topological polar surface area (TPSA) is 23.5 Å². The van der Waals surface area contributed by atoms with Crippen molar-refractivity contribution < 1.29 is 5.11 Å². The second-order valence-electron chi connectivity index (χ2n) is 7.59. The highest BCUT2D eigenvalue weighted by Crippen LogP contribution is 2.50. The molecule has 1 heterocycles. The van der Waals surface area contributed by atoms with Gasteiger partial charge in [-0.2, -0.15) is 0 Å². The molecule has 2 aromatic rings. The van der Waals surface area contributed by atoms with Crippen LogP contribution in [0.3, 0.4) is 0 Å². The van der Waals surface area contributed by atoms with Crippen molar-refractivity contribution in [3.05, 3.63) is 77.9 Å². The van der Waals surface area contributed by atoms with E-state index in [0.717, 1.165) is 32.4 Å². The van der Waals surface area contributed by atoms with Crippen LogP contribution in [0.15, 0.2) is 66.7 Å². The second kappa shape index (κ2) is 6.68. The first-order valence-corrected chi connectivity index (χ1v) is 9.46. The molecule has 2 atom stereocenters. The van der Waals surface area contributed by atoms with E-state index >= 15 is 0 Å². The minimum atomic E-state index is 0.0604. The minimum Gasteiger partial charge on any atom is -0.508 e. The Morgan fingerprint density at radius 1 is 1.08 bits per heavy atom. The molecule has 2 bridgehead atoms. The predicted molar refractivity (Wildman–Crippen MR) is 103 cm³/mol. The first-order chi connectivity index (χ1) is 12.2. The van der Waals surface area contributed by atoms with Crippen molar-refractivity contribution in [3.63, 3.8) is 0 Å². The third kappa shape index (κ3) is 3.00. The third-order valence-corrected chi connectivity index (χ3v) is 6.29. The van der Waals surface area contributed by atoms with Crippen molar-refractivity contribution in [2.45, 2.75) is 43.6 Å². The van der Waals surface area contributed by atoms with Crippen LogP contribution in [0.1, 0.15) is 36.8 Å². The van der Waals surface area contributed by atoms with Crippen molar-refractivity contribution in [3.8, 4) is 5.75 Å². The average molecular weight is 333 g/mol. The van der Waals surface area contributed by atoms with E-state index in [1.54, 1.807) is 6.07 Å². The van der Waals surface area contributed by atoms with Crippen molar-refractivity contribution in [2.75, 3.05) is 13.1 Å². The fraction of sp³-hybridized carbons (Fsp3) is 0.391. The van der Waals surface area contributed by atoms with Crippen LogP contribution >= 0.6 is 0 Å². The number of hydrogen-bond acceptors (Lipinski definition) is 2. The lowest BCUT2D eigenvalue weighted by molar-refractivity contribution is 0.111. The Morgan fingerprint density at radius 2 is 1.92 bits per heavy atom. The van der Waals surface area contributed by atoms with Crippen molar-refractivity contribution >= 4 is 0 Å². The van der Waals surface area contributed by atoms with Crippen LogP contribution < -0.4 is 0 Å². The molecule has 4 rings (SSSR count). The molecule has 1 N–H and O–H groups in total. The molecule has 2 heteroatoms. The van der Waals surface area contributed by atoms with Crippen LogP contribution in [0, 0.1) is 0 Å². The number of fused-ring (bicyclic) bond motifs is 2. The zero-order valence-electron chi connectivity index (χ0n) is 14.8. The molecule has 1 saturated heterocycles. The smallest absolute Gasteiger partial charge is 0.115 e. The molecular weight excluding hydrogens is 306 g/mol. The molecular formula is C23H27NO. The lowest BCUT2D eigenvalue weighted by Crippen LogP contribution is -2.53. The SMILES string of the molecule is C=C1[C@@H]2CCC[C@@]1(c1cccc(O)c1)CCN2CCc1ccccc1. The van der Waals surface area contributed by atoms with Gasteiger partial charge in [-0.1, -0.05) is 55.5 Å². The number of phenolic OH excluding ortho intramolecular Hbond substituents is 1. The van der Waals surface area contributed by atoms with E-state index < -0.39 is 0 Å². The maximum atomic E-state index is 9.95. The van der Waals surface area contributed by atoms with Crippen LogP contribution in [-0.4, -0.2) is 29.1 Å². The van der Waals surface area contributed by atoms with Gasteiger partial charge < -0.3 is 5.11 Å². The van der Waals surface area contributed by atoms with Crippen molar-refractivity contribution in [1.29, 1.82) is 0 Å².